The maximum absolute atomic E-state index is 6.36. The topological polar surface area (TPSA) is 19.6 Å². The summed E-state index contributed by atoms with van der Waals surface area (Å²) in [6.45, 7) is 0. The van der Waals surface area contributed by atoms with Crippen LogP contribution in [0.5, 0.6) is 0 Å². The summed E-state index contributed by atoms with van der Waals surface area (Å²) in [6.07, 6.45) is 0. The maximum atomic E-state index is 6.36. The fourth-order valence-electron chi connectivity index (χ4n) is 10.0. The summed E-state index contributed by atoms with van der Waals surface area (Å²) in [5.41, 5.74) is 10.9. The number of anilines is 6. The molecule has 0 aliphatic carbocycles. The van der Waals surface area contributed by atoms with E-state index in [0.717, 1.165) is 44.7 Å². The summed E-state index contributed by atoms with van der Waals surface area (Å²) >= 11 is 0. The quantitative estimate of drug-likeness (QED) is 0.150. The number of fused-ring (bicyclic) bond motifs is 6. The van der Waals surface area contributed by atoms with Gasteiger partial charge in [-0.3, -0.25) is 0 Å². The Bertz CT molecular complexity index is 3370. The van der Waals surface area contributed by atoms with E-state index in [1.165, 1.54) is 54.0 Å². The van der Waals surface area contributed by atoms with E-state index in [2.05, 4.69) is 240 Å². The molecule has 12 rings (SSSR count). The van der Waals surface area contributed by atoms with E-state index in [1.54, 1.807) is 0 Å². The highest BCUT2D eigenvalue weighted by Crippen LogP contribution is 2.44. The molecule has 0 unspecified atom stereocenters. The van der Waals surface area contributed by atoms with Gasteiger partial charge < -0.3 is 14.2 Å². The van der Waals surface area contributed by atoms with Gasteiger partial charge in [0.25, 0.3) is 0 Å². The van der Waals surface area contributed by atoms with Gasteiger partial charge in [0.2, 0.25) is 0 Å². The van der Waals surface area contributed by atoms with Crippen molar-refractivity contribution in [2.45, 2.75) is 0 Å². The molecule has 62 heavy (non-hydrogen) atoms. The lowest BCUT2D eigenvalue weighted by Crippen LogP contribution is -2.77. The summed E-state index contributed by atoms with van der Waals surface area (Å²) in [6, 6.07) is 88.8. The predicted molar refractivity (Wildman–Crippen MR) is 263 cm³/mol. The molecule has 0 fully saturated rings. The molecule has 4 heteroatoms. The van der Waals surface area contributed by atoms with Crippen LogP contribution in [-0.4, -0.2) is 8.07 Å². The molecular formula is C58H40N2OSi. The Morgan fingerprint density at radius 3 is 1.71 bits per heavy atom. The molecule has 0 saturated carbocycles. The van der Waals surface area contributed by atoms with Crippen molar-refractivity contribution in [2.24, 2.45) is 0 Å². The van der Waals surface area contributed by atoms with Crippen LogP contribution in [0.1, 0.15) is 0 Å². The van der Waals surface area contributed by atoms with Crippen LogP contribution in [0.25, 0.3) is 43.8 Å². The van der Waals surface area contributed by atoms with Gasteiger partial charge >= 0.3 is 0 Å². The van der Waals surface area contributed by atoms with Crippen LogP contribution < -0.4 is 30.5 Å². The molecule has 0 bridgehead atoms. The Morgan fingerprint density at radius 2 is 0.935 bits per heavy atom. The van der Waals surface area contributed by atoms with Gasteiger partial charge in [-0.2, -0.15) is 0 Å². The molecular weight excluding hydrogens is 769 g/mol. The Balaban J connectivity index is 1.12. The summed E-state index contributed by atoms with van der Waals surface area (Å²) in [5.74, 6) is 0. The van der Waals surface area contributed by atoms with Gasteiger partial charge in [0, 0.05) is 44.9 Å². The first-order chi connectivity index (χ1) is 30.8. The molecule has 0 radical (unpaired) electrons. The second-order valence-corrected chi connectivity index (χ2v) is 19.8. The lowest BCUT2D eigenvalue weighted by Gasteiger charge is -2.45. The predicted octanol–water partition coefficient (Wildman–Crippen LogP) is 13.0. The Morgan fingerprint density at radius 1 is 0.371 bits per heavy atom. The molecule has 0 spiro atoms. The molecule has 292 valence electrons. The van der Waals surface area contributed by atoms with Crippen molar-refractivity contribution in [3.8, 4) is 11.1 Å². The largest absolute Gasteiger partial charge is 0.456 e. The van der Waals surface area contributed by atoms with Gasteiger partial charge in [-0.1, -0.05) is 176 Å². The zero-order chi connectivity index (χ0) is 41.0. The third-order valence-corrected chi connectivity index (χ3v) is 17.6. The second kappa shape index (κ2) is 14.7. The zero-order valence-electron chi connectivity index (χ0n) is 33.9. The van der Waals surface area contributed by atoms with Crippen molar-refractivity contribution in [3.63, 3.8) is 0 Å². The van der Waals surface area contributed by atoms with Crippen LogP contribution in [0.4, 0.5) is 34.1 Å². The number of nitrogens with zero attached hydrogens (tertiary/aromatic N) is 2. The van der Waals surface area contributed by atoms with Gasteiger partial charge in [0.15, 0.2) is 8.07 Å². The van der Waals surface area contributed by atoms with E-state index in [0.29, 0.717) is 0 Å². The molecule has 0 amide bonds. The van der Waals surface area contributed by atoms with Crippen LogP contribution >= 0.6 is 0 Å². The first kappa shape index (κ1) is 36.0. The molecule has 0 atom stereocenters. The first-order valence-corrected chi connectivity index (χ1v) is 23.3. The Kier molecular flexibility index (Phi) is 8.51. The van der Waals surface area contributed by atoms with Gasteiger partial charge in [-0.25, -0.2) is 0 Å². The van der Waals surface area contributed by atoms with Crippen molar-refractivity contribution in [2.75, 3.05) is 9.80 Å². The number of benzene rings is 10. The summed E-state index contributed by atoms with van der Waals surface area (Å²) in [4.78, 5) is 4.90. The van der Waals surface area contributed by atoms with Crippen LogP contribution in [-0.2, 0) is 0 Å². The van der Waals surface area contributed by atoms with Crippen LogP contribution in [0, 0.1) is 0 Å². The van der Waals surface area contributed by atoms with Crippen molar-refractivity contribution in [3.05, 3.63) is 243 Å². The van der Waals surface area contributed by atoms with Crippen LogP contribution in [0.15, 0.2) is 247 Å². The molecule has 0 N–H and O–H groups in total. The van der Waals surface area contributed by atoms with Gasteiger partial charge in [-0.15, -0.1) is 0 Å². The smallest absolute Gasteiger partial charge is 0.184 e. The highest BCUT2D eigenvalue weighted by molar-refractivity contribution is 7.21. The van der Waals surface area contributed by atoms with Gasteiger partial charge in [-0.05, 0) is 109 Å². The number of hydrogen-bond donors (Lipinski definition) is 0. The lowest BCUT2D eigenvalue weighted by molar-refractivity contribution is 0.669. The van der Waals surface area contributed by atoms with Crippen molar-refractivity contribution >= 4 is 95.7 Å². The fourth-order valence-corrected chi connectivity index (χ4v) is 15.1. The van der Waals surface area contributed by atoms with E-state index in [1.807, 2.05) is 12.1 Å². The molecule has 1 aliphatic rings. The van der Waals surface area contributed by atoms with E-state index < -0.39 is 8.07 Å². The number of hydrogen-bond acceptors (Lipinski definition) is 3. The molecule has 1 aliphatic heterocycles. The van der Waals surface area contributed by atoms with E-state index in [-0.39, 0.29) is 0 Å². The van der Waals surface area contributed by atoms with Crippen LogP contribution in [0.3, 0.4) is 0 Å². The third kappa shape index (κ3) is 5.65. The van der Waals surface area contributed by atoms with E-state index >= 15 is 0 Å². The molecule has 1 aromatic heterocycles. The Labute approximate surface area is 362 Å². The molecule has 0 saturated heterocycles. The summed E-state index contributed by atoms with van der Waals surface area (Å²) < 4.78 is 6.36. The Hall–Kier alpha value is -7.92. The van der Waals surface area contributed by atoms with Crippen molar-refractivity contribution in [1.82, 2.24) is 0 Å². The number of furan rings is 1. The minimum atomic E-state index is -2.87. The first-order valence-electron chi connectivity index (χ1n) is 21.3. The van der Waals surface area contributed by atoms with Gasteiger partial charge in [0.05, 0.1) is 0 Å². The normalized spacial score (nSPS) is 12.9. The van der Waals surface area contributed by atoms with E-state index in [9.17, 15) is 0 Å². The lowest BCUT2D eigenvalue weighted by atomic mass is 9.98. The molecule has 3 nitrogen and oxygen atoms in total. The number of rotatable bonds is 7. The average molecular weight is 809 g/mol. The van der Waals surface area contributed by atoms with Crippen molar-refractivity contribution < 1.29 is 4.42 Å². The monoisotopic (exact) mass is 808 g/mol. The van der Waals surface area contributed by atoms with Gasteiger partial charge in [0.1, 0.15) is 11.2 Å². The highest BCUT2D eigenvalue weighted by Gasteiger charge is 2.49. The average Bonchev–Trinajstić information content (AvgIpc) is 3.72. The molecule has 2 heterocycles. The minimum absolute atomic E-state index is 0.875. The molecule has 10 aromatic carbocycles. The maximum Gasteiger partial charge on any atom is 0.184 e. The third-order valence-electron chi connectivity index (χ3n) is 12.7. The van der Waals surface area contributed by atoms with E-state index in [4.69, 9.17) is 4.42 Å². The number of para-hydroxylation sites is 3. The molecule has 11 aromatic rings. The second-order valence-electron chi connectivity index (χ2n) is 16.1. The standard InChI is InChI=1S/C58H40N2OSi/c1-4-19-43(20-5-1)60-53-28-13-15-30-57(53)62(47-21-6-2-7-22-47,48-23-8-3-9-24-48)58-38-36-46(40-54(58)60)59(45-35-37-56-52(39-45)51-26-12-14-29-55(51)61-56)44-33-31-42(32-34-44)50-27-16-18-41-17-10-11-25-49(41)50/h1-40H. The summed E-state index contributed by atoms with van der Waals surface area (Å²) in [7, 11) is -2.87. The SMILES string of the molecule is c1ccc(N2c3ccccc3[Si](c3ccccc3)(c3ccccc3)c3ccc(N(c4ccc(-c5cccc6ccccc56)cc4)c4ccc5oc6ccccc6c5c4)cc32)cc1. The van der Waals surface area contributed by atoms with Crippen molar-refractivity contribution in [1.29, 1.82) is 0 Å². The summed E-state index contributed by atoms with van der Waals surface area (Å²) in [5, 5.41) is 10.1. The minimum Gasteiger partial charge on any atom is -0.456 e. The highest BCUT2D eigenvalue weighted by atomic mass is 28.3. The zero-order valence-corrected chi connectivity index (χ0v) is 34.9. The van der Waals surface area contributed by atoms with Crippen LogP contribution in [0.2, 0.25) is 0 Å². The fraction of sp³-hybridized carbons (Fsp3) is 0.